The third-order valence-corrected chi connectivity index (χ3v) is 10.1. The van der Waals surface area contributed by atoms with E-state index in [4.69, 9.17) is 0 Å². The summed E-state index contributed by atoms with van der Waals surface area (Å²) in [5, 5.41) is 10.2. The zero-order valence-corrected chi connectivity index (χ0v) is 31.3. The Bertz CT molecular complexity index is 452. The standard InChI is InChI=1S/C42H87NO/c1-4-6-8-10-12-14-16-18-20-22-24-26-28-30-32-34-36-38-40-43(42(3)44)41-39-37-35-33-31-29-27-25-23-21-19-17-15-13-11-9-7-5-2/h42,44H,4-41H2,1-3H3. The summed E-state index contributed by atoms with van der Waals surface area (Å²) in [6.07, 6.45) is 51.1. The molecule has 2 heteroatoms. The maximum Gasteiger partial charge on any atom is 0.104 e. The van der Waals surface area contributed by atoms with Gasteiger partial charge in [-0.1, -0.05) is 232 Å². The molecule has 0 heterocycles. The number of hydrogen-bond acceptors (Lipinski definition) is 2. The fourth-order valence-electron chi connectivity index (χ4n) is 6.92. The molecule has 0 aromatic rings. The lowest BCUT2D eigenvalue weighted by Gasteiger charge is -2.25. The molecule has 0 fully saturated rings. The van der Waals surface area contributed by atoms with E-state index in [0.717, 1.165) is 13.1 Å². The van der Waals surface area contributed by atoms with Crippen molar-refractivity contribution in [1.29, 1.82) is 0 Å². The molecule has 0 saturated heterocycles. The number of hydrogen-bond donors (Lipinski definition) is 1. The molecule has 0 bridgehead atoms. The number of unbranched alkanes of at least 4 members (excludes halogenated alkanes) is 34. The Kier molecular flexibility index (Phi) is 39.0. The second kappa shape index (κ2) is 39.1. The highest BCUT2D eigenvalue weighted by molar-refractivity contribution is 4.60. The molecule has 0 amide bonds. The van der Waals surface area contributed by atoms with Gasteiger partial charge in [0.05, 0.1) is 0 Å². The second-order valence-electron chi connectivity index (χ2n) is 14.7. The van der Waals surface area contributed by atoms with Crippen molar-refractivity contribution in [3.8, 4) is 0 Å². The van der Waals surface area contributed by atoms with Crippen LogP contribution in [0.4, 0.5) is 0 Å². The minimum atomic E-state index is -0.286. The number of nitrogens with zero attached hydrogens (tertiary/aromatic N) is 1. The van der Waals surface area contributed by atoms with E-state index in [1.807, 2.05) is 6.92 Å². The molecular formula is C42H87NO. The Morgan fingerprint density at radius 1 is 0.295 bits per heavy atom. The smallest absolute Gasteiger partial charge is 0.104 e. The average molecular weight is 622 g/mol. The summed E-state index contributed by atoms with van der Waals surface area (Å²) in [7, 11) is 0. The molecule has 0 rings (SSSR count). The van der Waals surface area contributed by atoms with Gasteiger partial charge in [-0.2, -0.15) is 0 Å². The van der Waals surface area contributed by atoms with Crippen molar-refractivity contribution in [1.82, 2.24) is 4.90 Å². The molecule has 1 N–H and O–H groups in total. The molecule has 0 aromatic carbocycles. The van der Waals surface area contributed by atoms with Gasteiger partial charge in [0.25, 0.3) is 0 Å². The van der Waals surface area contributed by atoms with E-state index in [9.17, 15) is 5.11 Å². The van der Waals surface area contributed by atoms with Gasteiger partial charge in [-0.25, -0.2) is 0 Å². The van der Waals surface area contributed by atoms with Crippen molar-refractivity contribution in [3.63, 3.8) is 0 Å². The molecule has 1 unspecified atom stereocenters. The van der Waals surface area contributed by atoms with E-state index in [1.165, 1.54) is 231 Å². The lowest BCUT2D eigenvalue weighted by molar-refractivity contribution is 0.0163. The molecule has 0 aliphatic heterocycles. The first-order chi connectivity index (χ1) is 21.7. The molecule has 0 aliphatic carbocycles. The molecule has 0 aromatic heterocycles. The van der Waals surface area contributed by atoms with Crippen LogP contribution >= 0.6 is 0 Å². The minimum absolute atomic E-state index is 0.286. The molecule has 266 valence electrons. The number of rotatable bonds is 39. The van der Waals surface area contributed by atoms with Crippen LogP contribution in [0.2, 0.25) is 0 Å². The predicted molar refractivity (Wildman–Crippen MR) is 201 cm³/mol. The molecular weight excluding hydrogens is 534 g/mol. The summed E-state index contributed by atoms with van der Waals surface area (Å²) in [6.45, 7) is 8.72. The van der Waals surface area contributed by atoms with Crippen molar-refractivity contribution in [2.24, 2.45) is 0 Å². The molecule has 0 saturated carbocycles. The monoisotopic (exact) mass is 622 g/mol. The Labute approximate surface area is 280 Å². The van der Waals surface area contributed by atoms with Crippen LogP contribution in [0, 0.1) is 0 Å². The molecule has 1 atom stereocenters. The van der Waals surface area contributed by atoms with Crippen LogP contribution in [0.1, 0.15) is 252 Å². The van der Waals surface area contributed by atoms with E-state index >= 15 is 0 Å². The van der Waals surface area contributed by atoms with Crippen molar-refractivity contribution >= 4 is 0 Å². The minimum Gasteiger partial charge on any atom is -0.379 e. The van der Waals surface area contributed by atoms with Gasteiger partial charge in [0.2, 0.25) is 0 Å². The Morgan fingerprint density at radius 2 is 0.455 bits per heavy atom. The second-order valence-corrected chi connectivity index (χ2v) is 14.7. The normalized spacial score (nSPS) is 12.5. The first-order valence-corrected chi connectivity index (χ1v) is 21.1. The predicted octanol–water partition coefficient (Wildman–Crippen LogP) is 14.7. The fourth-order valence-corrected chi connectivity index (χ4v) is 6.92. The van der Waals surface area contributed by atoms with E-state index in [1.54, 1.807) is 0 Å². The van der Waals surface area contributed by atoms with Crippen molar-refractivity contribution in [2.45, 2.75) is 258 Å². The first-order valence-electron chi connectivity index (χ1n) is 21.1. The third-order valence-electron chi connectivity index (χ3n) is 10.1. The van der Waals surface area contributed by atoms with E-state index in [-0.39, 0.29) is 6.23 Å². The lowest BCUT2D eigenvalue weighted by atomic mass is 10.0. The zero-order chi connectivity index (χ0) is 32.0. The van der Waals surface area contributed by atoms with Crippen LogP contribution in [-0.4, -0.2) is 29.3 Å². The maximum absolute atomic E-state index is 10.2. The van der Waals surface area contributed by atoms with Gasteiger partial charge in [-0.05, 0) is 19.8 Å². The molecule has 44 heavy (non-hydrogen) atoms. The molecule has 2 nitrogen and oxygen atoms in total. The number of aliphatic hydroxyl groups excluding tert-OH is 1. The van der Waals surface area contributed by atoms with Crippen LogP contribution in [0.15, 0.2) is 0 Å². The summed E-state index contributed by atoms with van der Waals surface area (Å²) in [6, 6.07) is 0. The van der Waals surface area contributed by atoms with E-state index in [0.29, 0.717) is 0 Å². The Morgan fingerprint density at radius 3 is 0.614 bits per heavy atom. The summed E-state index contributed by atoms with van der Waals surface area (Å²) in [5.74, 6) is 0. The maximum atomic E-state index is 10.2. The van der Waals surface area contributed by atoms with E-state index in [2.05, 4.69) is 18.7 Å². The summed E-state index contributed by atoms with van der Waals surface area (Å²) < 4.78 is 0. The van der Waals surface area contributed by atoms with Crippen molar-refractivity contribution in [3.05, 3.63) is 0 Å². The highest BCUT2D eigenvalue weighted by atomic mass is 16.3. The third kappa shape index (κ3) is 36.4. The Balaban J connectivity index is 3.35. The van der Waals surface area contributed by atoms with Gasteiger partial charge in [-0.3, -0.25) is 4.90 Å². The highest BCUT2D eigenvalue weighted by Gasteiger charge is 2.09. The molecule has 0 aliphatic rings. The Hall–Kier alpha value is -0.0800. The van der Waals surface area contributed by atoms with Gasteiger partial charge < -0.3 is 5.11 Å². The van der Waals surface area contributed by atoms with Gasteiger partial charge in [0.1, 0.15) is 6.23 Å². The van der Waals surface area contributed by atoms with Crippen LogP contribution in [0.5, 0.6) is 0 Å². The average Bonchev–Trinajstić information content (AvgIpc) is 3.02. The first kappa shape index (κ1) is 43.9. The fraction of sp³-hybridized carbons (Fsp3) is 1.00. The quantitative estimate of drug-likeness (QED) is 0.0545. The van der Waals surface area contributed by atoms with Crippen molar-refractivity contribution < 1.29 is 5.11 Å². The van der Waals surface area contributed by atoms with Gasteiger partial charge in [-0.15, -0.1) is 0 Å². The van der Waals surface area contributed by atoms with Crippen molar-refractivity contribution in [2.75, 3.05) is 13.1 Å². The van der Waals surface area contributed by atoms with Crippen LogP contribution in [-0.2, 0) is 0 Å². The summed E-state index contributed by atoms with van der Waals surface area (Å²) in [4.78, 5) is 2.32. The van der Waals surface area contributed by atoms with Crippen LogP contribution in [0.25, 0.3) is 0 Å². The van der Waals surface area contributed by atoms with E-state index < -0.39 is 0 Å². The van der Waals surface area contributed by atoms with Gasteiger partial charge >= 0.3 is 0 Å². The van der Waals surface area contributed by atoms with Gasteiger partial charge in [0, 0.05) is 13.1 Å². The lowest BCUT2D eigenvalue weighted by Crippen LogP contribution is -2.34. The van der Waals surface area contributed by atoms with Crippen LogP contribution < -0.4 is 0 Å². The summed E-state index contributed by atoms with van der Waals surface area (Å²) in [5.41, 5.74) is 0. The summed E-state index contributed by atoms with van der Waals surface area (Å²) >= 11 is 0. The van der Waals surface area contributed by atoms with Gasteiger partial charge in [0.15, 0.2) is 0 Å². The topological polar surface area (TPSA) is 23.5 Å². The largest absolute Gasteiger partial charge is 0.379 e. The van der Waals surface area contributed by atoms with Crippen LogP contribution in [0.3, 0.4) is 0 Å². The molecule has 0 spiro atoms. The molecule has 0 radical (unpaired) electrons. The zero-order valence-electron chi connectivity index (χ0n) is 31.3. The number of aliphatic hydroxyl groups is 1. The SMILES string of the molecule is CCCCCCCCCCCCCCCCCCCCN(CCCCCCCCCCCCCCCCCCCC)C(C)O. The highest BCUT2D eigenvalue weighted by Crippen LogP contribution is 2.16.